The van der Waals surface area contributed by atoms with Crippen molar-refractivity contribution >= 4 is 11.9 Å². The number of pyridine rings is 1. The van der Waals surface area contributed by atoms with E-state index in [0.717, 1.165) is 0 Å². The number of nitrogens with zero attached hydrogens (tertiary/aromatic N) is 2. The van der Waals surface area contributed by atoms with E-state index in [2.05, 4.69) is 4.98 Å². The monoisotopic (exact) mass is 326 g/mol. The highest BCUT2D eigenvalue weighted by molar-refractivity contribution is 5.96. The van der Waals surface area contributed by atoms with Crippen molar-refractivity contribution in [3.05, 3.63) is 47.3 Å². The Labute approximate surface area is 138 Å². The zero-order chi connectivity index (χ0) is 17.7. The van der Waals surface area contributed by atoms with Gasteiger partial charge in [-0.05, 0) is 24.3 Å². The Kier molecular flexibility index (Phi) is 5.12. The largest absolute Gasteiger partial charge is 0.496 e. The predicted octanol–water partition coefficient (Wildman–Crippen LogP) is 2.39. The van der Waals surface area contributed by atoms with Crippen molar-refractivity contribution in [1.29, 1.82) is 5.26 Å². The van der Waals surface area contributed by atoms with Crippen LogP contribution in [0.5, 0.6) is 5.75 Å². The molecule has 0 radical (unpaired) electrons. The van der Waals surface area contributed by atoms with E-state index in [0.29, 0.717) is 28.1 Å². The summed E-state index contributed by atoms with van der Waals surface area (Å²) in [6.07, 6.45) is 1.19. The van der Waals surface area contributed by atoms with Crippen molar-refractivity contribution in [2.45, 2.75) is 13.5 Å². The van der Waals surface area contributed by atoms with Crippen molar-refractivity contribution in [2.24, 2.45) is 0 Å². The summed E-state index contributed by atoms with van der Waals surface area (Å²) in [4.78, 5) is 26.4. The van der Waals surface area contributed by atoms with Crippen LogP contribution in [-0.4, -0.2) is 29.1 Å². The molecular formula is C17H14N2O5. The first-order valence-electron chi connectivity index (χ1n) is 6.90. The summed E-state index contributed by atoms with van der Waals surface area (Å²) in [5.74, 6) is -1.22. The van der Waals surface area contributed by atoms with Crippen molar-refractivity contribution in [1.82, 2.24) is 4.98 Å². The third-order valence-electron chi connectivity index (χ3n) is 3.23. The average Bonchev–Trinajstić information content (AvgIpc) is 2.58. The van der Waals surface area contributed by atoms with Crippen molar-refractivity contribution < 1.29 is 24.2 Å². The molecule has 0 saturated heterocycles. The summed E-state index contributed by atoms with van der Waals surface area (Å²) in [5.41, 5.74) is 1.47. The third-order valence-corrected chi connectivity index (χ3v) is 3.23. The SMILES string of the molecule is COc1ccc(C#N)cc1-c1cc(COC(C)=O)ncc1C(=O)O. The lowest BCUT2D eigenvalue weighted by Gasteiger charge is -2.13. The number of aromatic nitrogens is 1. The molecule has 1 aromatic heterocycles. The van der Waals surface area contributed by atoms with E-state index in [-0.39, 0.29) is 12.2 Å². The van der Waals surface area contributed by atoms with Gasteiger partial charge >= 0.3 is 11.9 Å². The van der Waals surface area contributed by atoms with Crippen LogP contribution < -0.4 is 4.74 Å². The molecule has 0 bridgehead atoms. The Balaban J connectivity index is 2.62. The number of aromatic carboxylic acids is 1. The van der Waals surface area contributed by atoms with Gasteiger partial charge in [0.05, 0.1) is 30.0 Å². The lowest BCUT2D eigenvalue weighted by molar-refractivity contribution is -0.142. The van der Waals surface area contributed by atoms with E-state index >= 15 is 0 Å². The quantitative estimate of drug-likeness (QED) is 0.840. The number of carbonyl (C=O) groups excluding carboxylic acids is 1. The van der Waals surface area contributed by atoms with Crippen molar-refractivity contribution in [3.8, 4) is 22.9 Å². The summed E-state index contributed by atoms with van der Waals surface area (Å²) < 4.78 is 10.2. The molecule has 0 spiro atoms. The maximum Gasteiger partial charge on any atom is 0.337 e. The molecule has 24 heavy (non-hydrogen) atoms. The molecule has 0 aliphatic rings. The molecule has 0 saturated carbocycles. The highest BCUT2D eigenvalue weighted by Crippen LogP contribution is 2.33. The van der Waals surface area contributed by atoms with Crippen LogP contribution >= 0.6 is 0 Å². The van der Waals surface area contributed by atoms with E-state index in [1.165, 1.54) is 32.4 Å². The molecule has 0 amide bonds. The van der Waals surface area contributed by atoms with E-state index in [4.69, 9.17) is 14.7 Å². The lowest BCUT2D eigenvalue weighted by atomic mass is 9.98. The predicted molar refractivity (Wildman–Crippen MR) is 83.4 cm³/mol. The number of nitriles is 1. The van der Waals surface area contributed by atoms with Crippen LogP contribution in [0.4, 0.5) is 0 Å². The standard InChI is InChI=1S/C17H14N2O5/c1-10(20)24-9-12-6-13(15(8-19-12)17(21)22)14-5-11(7-18)3-4-16(14)23-2/h3-6,8H,9H2,1-2H3,(H,21,22). The molecule has 0 unspecified atom stereocenters. The lowest BCUT2D eigenvalue weighted by Crippen LogP contribution is -2.06. The molecule has 2 rings (SSSR count). The van der Waals surface area contributed by atoms with Gasteiger partial charge < -0.3 is 14.6 Å². The molecule has 7 nitrogen and oxygen atoms in total. The van der Waals surface area contributed by atoms with Crippen LogP contribution in [0.15, 0.2) is 30.5 Å². The Morgan fingerprint density at radius 2 is 2.04 bits per heavy atom. The van der Waals surface area contributed by atoms with Gasteiger partial charge in [-0.3, -0.25) is 9.78 Å². The minimum Gasteiger partial charge on any atom is -0.496 e. The summed E-state index contributed by atoms with van der Waals surface area (Å²) in [7, 11) is 1.45. The number of carboxylic acid groups (broad SMARTS) is 1. The Hall–Kier alpha value is -3.40. The molecular weight excluding hydrogens is 312 g/mol. The van der Waals surface area contributed by atoms with Crippen LogP contribution in [0.1, 0.15) is 28.5 Å². The number of hydrogen-bond donors (Lipinski definition) is 1. The van der Waals surface area contributed by atoms with Gasteiger partial charge in [-0.15, -0.1) is 0 Å². The van der Waals surface area contributed by atoms with Gasteiger partial charge in [-0.25, -0.2) is 4.79 Å². The van der Waals surface area contributed by atoms with Crippen LogP contribution in [0, 0.1) is 11.3 Å². The van der Waals surface area contributed by atoms with Crippen molar-refractivity contribution in [3.63, 3.8) is 0 Å². The van der Waals surface area contributed by atoms with Crippen LogP contribution in [0.3, 0.4) is 0 Å². The number of carbonyl (C=O) groups is 2. The second-order valence-electron chi connectivity index (χ2n) is 4.83. The molecule has 1 heterocycles. The highest BCUT2D eigenvalue weighted by Gasteiger charge is 2.18. The number of methoxy groups -OCH3 is 1. The number of ether oxygens (including phenoxy) is 2. The normalized spacial score (nSPS) is 9.88. The first kappa shape index (κ1) is 17.0. The molecule has 0 aliphatic heterocycles. The number of benzene rings is 1. The minimum atomic E-state index is -1.17. The number of rotatable bonds is 5. The zero-order valence-electron chi connectivity index (χ0n) is 13.1. The average molecular weight is 326 g/mol. The maximum atomic E-state index is 11.5. The summed E-state index contributed by atoms with van der Waals surface area (Å²) in [6, 6.07) is 8.21. The van der Waals surface area contributed by atoms with Gasteiger partial charge in [0.2, 0.25) is 0 Å². The van der Waals surface area contributed by atoms with Gasteiger partial charge in [0.1, 0.15) is 12.4 Å². The van der Waals surface area contributed by atoms with Gasteiger partial charge in [-0.1, -0.05) is 0 Å². The summed E-state index contributed by atoms with van der Waals surface area (Å²) in [5, 5.41) is 18.5. The van der Waals surface area contributed by atoms with Gasteiger partial charge in [-0.2, -0.15) is 5.26 Å². The van der Waals surface area contributed by atoms with Crippen LogP contribution in [0.2, 0.25) is 0 Å². The molecule has 2 aromatic rings. The minimum absolute atomic E-state index is 0.0463. The maximum absolute atomic E-state index is 11.5. The zero-order valence-corrected chi connectivity index (χ0v) is 13.1. The summed E-state index contributed by atoms with van der Waals surface area (Å²) in [6.45, 7) is 1.19. The van der Waals surface area contributed by atoms with E-state index in [1.54, 1.807) is 12.1 Å². The first-order valence-corrected chi connectivity index (χ1v) is 6.90. The Morgan fingerprint density at radius 1 is 1.29 bits per heavy atom. The molecule has 0 atom stereocenters. The summed E-state index contributed by atoms with van der Waals surface area (Å²) >= 11 is 0. The molecule has 1 N–H and O–H groups in total. The van der Waals surface area contributed by atoms with Gasteiger partial charge in [0, 0.05) is 24.2 Å². The fraction of sp³-hybridized carbons (Fsp3) is 0.176. The van der Waals surface area contributed by atoms with Gasteiger partial charge in [0.25, 0.3) is 0 Å². The van der Waals surface area contributed by atoms with E-state index < -0.39 is 11.9 Å². The van der Waals surface area contributed by atoms with E-state index in [1.807, 2.05) is 6.07 Å². The molecule has 0 fully saturated rings. The molecule has 7 heteroatoms. The first-order chi connectivity index (χ1) is 11.5. The number of carboxylic acids is 1. The third kappa shape index (κ3) is 3.67. The highest BCUT2D eigenvalue weighted by atomic mass is 16.5. The van der Waals surface area contributed by atoms with Crippen LogP contribution in [0.25, 0.3) is 11.1 Å². The molecule has 0 aliphatic carbocycles. The Bertz CT molecular complexity index is 839. The number of esters is 1. The topological polar surface area (TPSA) is 110 Å². The fourth-order valence-electron chi connectivity index (χ4n) is 2.13. The van der Waals surface area contributed by atoms with Gasteiger partial charge in [0.15, 0.2) is 0 Å². The number of hydrogen-bond acceptors (Lipinski definition) is 6. The fourth-order valence-corrected chi connectivity index (χ4v) is 2.13. The molecule has 1 aromatic carbocycles. The Morgan fingerprint density at radius 3 is 2.62 bits per heavy atom. The second-order valence-corrected chi connectivity index (χ2v) is 4.83. The van der Waals surface area contributed by atoms with Crippen LogP contribution in [-0.2, 0) is 16.1 Å². The van der Waals surface area contributed by atoms with Crippen molar-refractivity contribution in [2.75, 3.05) is 7.11 Å². The smallest absolute Gasteiger partial charge is 0.337 e. The van der Waals surface area contributed by atoms with E-state index in [9.17, 15) is 14.7 Å². The second kappa shape index (κ2) is 7.24. The molecule has 122 valence electrons.